The standard InChI is InChI=1S/C13H19NO4S2/c1-9-8-11(19-12(9)13(15)16)20(17,18)14-7-6-10-4-2-3-5-10/h8,10,14H,2-7H2,1H3,(H,15,16). The van der Waals surface area contributed by atoms with Gasteiger partial charge in [-0.1, -0.05) is 25.7 Å². The summed E-state index contributed by atoms with van der Waals surface area (Å²) in [6, 6.07) is 1.42. The Bertz CT molecular complexity index is 586. The van der Waals surface area contributed by atoms with Crippen LogP contribution in [-0.2, 0) is 10.0 Å². The number of sulfonamides is 1. The van der Waals surface area contributed by atoms with Gasteiger partial charge in [0.05, 0.1) is 0 Å². The molecule has 0 saturated heterocycles. The van der Waals surface area contributed by atoms with E-state index in [0.29, 0.717) is 18.0 Å². The topological polar surface area (TPSA) is 83.5 Å². The van der Waals surface area contributed by atoms with Crippen molar-refractivity contribution in [3.63, 3.8) is 0 Å². The molecule has 7 heteroatoms. The van der Waals surface area contributed by atoms with Gasteiger partial charge in [-0.25, -0.2) is 17.9 Å². The fourth-order valence-corrected chi connectivity index (χ4v) is 5.04. The van der Waals surface area contributed by atoms with Crippen LogP contribution in [0, 0.1) is 12.8 Å². The van der Waals surface area contributed by atoms with E-state index >= 15 is 0 Å². The molecule has 0 unspecified atom stereocenters. The second-order valence-electron chi connectivity index (χ2n) is 5.22. The zero-order chi connectivity index (χ0) is 14.8. The van der Waals surface area contributed by atoms with Crippen LogP contribution in [0.1, 0.15) is 47.3 Å². The third-order valence-corrected chi connectivity index (χ3v) is 6.83. The molecule has 5 nitrogen and oxygen atoms in total. The zero-order valence-corrected chi connectivity index (χ0v) is 13.0. The molecule has 0 aromatic carbocycles. The summed E-state index contributed by atoms with van der Waals surface area (Å²) in [7, 11) is -3.58. The Balaban J connectivity index is 1.98. The lowest BCUT2D eigenvalue weighted by molar-refractivity contribution is 0.0701. The third-order valence-electron chi connectivity index (χ3n) is 3.67. The summed E-state index contributed by atoms with van der Waals surface area (Å²) >= 11 is 0.807. The van der Waals surface area contributed by atoms with Gasteiger partial charge in [0.2, 0.25) is 10.0 Å². The summed E-state index contributed by atoms with van der Waals surface area (Å²) in [6.45, 7) is 2.03. The number of rotatable bonds is 6. The van der Waals surface area contributed by atoms with Crippen molar-refractivity contribution in [3.8, 4) is 0 Å². The summed E-state index contributed by atoms with van der Waals surface area (Å²) in [6.07, 6.45) is 5.70. The Kier molecular flexibility index (Phi) is 4.82. The van der Waals surface area contributed by atoms with E-state index in [0.717, 1.165) is 17.8 Å². The lowest BCUT2D eigenvalue weighted by Gasteiger charge is -2.09. The van der Waals surface area contributed by atoms with Crippen molar-refractivity contribution in [2.24, 2.45) is 5.92 Å². The van der Waals surface area contributed by atoms with E-state index in [2.05, 4.69) is 4.72 Å². The number of hydrogen-bond acceptors (Lipinski definition) is 4. The number of carbonyl (C=O) groups is 1. The van der Waals surface area contributed by atoms with Gasteiger partial charge in [0.15, 0.2) is 0 Å². The highest BCUT2D eigenvalue weighted by molar-refractivity contribution is 7.91. The normalized spacial score (nSPS) is 16.6. The SMILES string of the molecule is Cc1cc(S(=O)(=O)NCCC2CCCC2)sc1C(=O)O. The maximum Gasteiger partial charge on any atom is 0.346 e. The quantitative estimate of drug-likeness (QED) is 0.845. The van der Waals surface area contributed by atoms with Crippen molar-refractivity contribution < 1.29 is 18.3 Å². The van der Waals surface area contributed by atoms with Crippen LogP contribution < -0.4 is 4.72 Å². The molecule has 0 amide bonds. The fourth-order valence-electron chi connectivity index (χ4n) is 2.57. The minimum absolute atomic E-state index is 0.0822. The fraction of sp³-hybridized carbons (Fsp3) is 0.615. The van der Waals surface area contributed by atoms with Crippen molar-refractivity contribution in [2.75, 3.05) is 6.54 Å². The monoisotopic (exact) mass is 317 g/mol. The molecule has 2 N–H and O–H groups in total. The summed E-state index contributed by atoms with van der Waals surface area (Å²) in [5.41, 5.74) is 0.485. The van der Waals surface area contributed by atoms with Crippen LogP contribution in [-0.4, -0.2) is 26.0 Å². The molecule has 1 aliphatic rings. The maximum atomic E-state index is 12.1. The van der Waals surface area contributed by atoms with E-state index < -0.39 is 16.0 Å². The van der Waals surface area contributed by atoms with Gasteiger partial charge in [-0.3, -0.25) is 0 Å². The van der Waals surface area contributed by atoms with Crippen LogP contribution in [0.25, 0.3) is 0 Å². The molecule has 1 aromatic rings. The van der Waals surface area contributed by atoms with Gasteiger partial charge in [-0.05, 0) is 30.9 Å². The molecule has 1 saturated carbocycles. The van der Waals surface area contributed by atoms with Crippen molar-refractivity contribution in [2.45, 2.75) is 43.2 Å². The Morgan fingerprint density at radius 1 is 1.45 bits per heavy atom. The van der Waals surface area contributed by atoms with E-state index in [4.69, 9.17) is 5.11 Å². The first-order chi connectivity index (χ1) is 9.40. The van der Waals surface area contributed by atoms with Gasteiger partial charge in [-0.15, -0.1) is 11.3 Å². The zero-order valence-electron chi connectivity index (χ0n) is 11.4. The van der Waals surface area contributed by atoms with Crippen LogP contribution >= 0.6 is 11.3 Å². The van der Waals surface area contributed by atoms with Crippen LogP contribution in [0.2, 0.25) is 0 Å². The number of aryl methyl sites for hydroxylation is 1. The lowest BCUT2D eigenvalue weighted by atomic mass is 10.1. The highest BCUT2D eigenvalue weighted by atomic mass is 32.2. The Hall–Kier alpha value is -0.920. The van der Waals surface area contributed by atoms with E-state index in [1.165, 1.54) is 31.7 Å². The largest absolute Gasteiger partial charge is 0.477 e. The van der Waals surface area contributed by atoms with Crippen LogP contribution in [0.3, 0.4) is 0 Å². The Morgan fingerprint density at radius 2 is 2.10 bits per heavy atom. The molecule has 20 heavy (non-hydrogen) atoms. The van der Waals surface area contributed by atoms with Crippen molar-refractivity contribution in [3.05, 3.63) is 16.5 Å². The summed E-state index contributed by atoms with van der Waals surface area (Å²) < 4.78 is 26.9. The van der Waals surface area contributed by atoms with Gasteiger partial charge in [0, 0.05) is 6.54 Å². The third kappa shape index (κ3) is 3.59. The summed E-state index contributed by atoms with van der Waals surface area (Å²) in [4.78, 5) is 11.0. The maximum absolute atomic E-state index is 12.1. The minimum atomic E-state index is -3.58. The first-order valence-electron chi connectivity index (χ1n) is 6.73. The summed E-state index contributed by atoms with van der Waals surface area (Å²) in [5, 5.41) is 8.96. The van der Waals surface area contributed by atoms with Gasteiger partial charge in [-0.2, -0.15) is 0 Å². The number of hydrogen-bond donors (Lipinski definition) is 2. The molecule has 2 rings (SSSR count). The van der Waals surface area contributed by atoms with Gasteiger partial charge in [0.25, 0.3) is 0 Å². The van der Waals surface area contributed by atoms with E-state index in [-0.39, 0.29) is 9.09 Å². The molecule has 0 aliphatic heterocycles. The van der Waals surface area contributed by atoms with Gasteiger partial charge in [0.1, 0.15) is 9.09 Å². The lowest BCUT2D eigenvalue weighted by Crippen LogP contribution is -2.25. The summed E-state index contributed by atoms with van der Waals surface area (Å²) in [5.74, 6) is -0.461. The highest BCUT2D eigenvalue weighted by Gasteiger charge is 2.22. The van der Waals surface area contributed by atoms with E-state index in [1.807, 2.05) is 0 Å². The van der Waals surface area contributed by atoms with Crippen LogP contribution in [0.4, 0.5) is 0 Å². The number of thiophene rings is 1. The van der Waals surface area contributed by atoms with Crippen LogP contribution in [0.15, 0.2) is 10.3 Å². The molecule has 0 atom stereocenters. The molecule has 1 aliphatic carbocycles. The highest BCUT2D eigenvalue weighted by Crippen LogP contribution is 2.28. The second-order valence-corrected chi connectivity index (χ2v) is 8.27. The molecule has 0 bridgehead atoms. The van der Waals surface area contributed by atoms with Crippen molar-refractivity contribution in [1.29, 1.82) is 0 Å². The molecular formula is C13H19NO4S2. The van der Waals surface area contributed by atoms with E-state index in [9.17, 15) is 13.2 Å². The van der Waals surface area contributed by atoms with Crippen molar-refractivity contribution >= 4 is 27.3 Å². The predicted molar refractivity (Wildman–Crippen MR) is 77.8 cm³/mol. The minimum Gasteiger partial charge on any atom is -0.477 e. The first kappa shape index (κ1) is 15.5. The first-order valence-corrected chi connectivity index (χ1v) is 9.03. The number of carboxylic acid groups (broad SMARTS) is 1. The molecule has 1 heterocycles. The molecule has 1 fully saturated rings. The number of carboxylic acids is 1. The molecule has 1 aromatic heterocycles. The molecule has 112 valence electrons. The number of nitrogens with one attached hydrogen (secondary N) is 1. The van der Waals surface area contributed by atoms with E-state index in [1.54, 1.807) is 6.92 Å². The van der Waals surface area contributed by atoms with Crippen molar-refractivity contribution in [1.82, 2.24) is 4.72 Å². The predicted octanol–water partition coefficient (Wildman–Crippen LogP) is 2.61. The Morgan fingerprint density at radius 3 is 2.65 bits per heavy atom. The number of aromatic carboxylic acids is 1. The van der Waals surface area contributed by atoms with Gasteiger partial charge >= 0.3 is 5.97 Å². The Labute approximate surface area is 123 Å². The molecule has 0 radical (unpaired) electrons. The average Bonchev–Trinajstić information content (AvgIpc) is 2.98. The smallest absolute Gasteiger partial charge is 0.346 e. The average molecular weight is 317 g/mol. The molecular weight excluding hydrogens is 298 g/mol. The molecule has 0 spiro atoms. The second kappa shape index (κ2) is 6.24. The van der Waals surface area contributed by atoms with Gasteiger partial charge < -0.3 is 5.11 Å². The van der Waals surface area contributed by atoms with Crippen LogP contribution in [0.5, 0.6) is 0 Å².